The molecule has 2 atom stereocenters. The second-order valence-corrected chi connectivity index (χ2v) is 5.77. The third-order valence-corrected chi connectivity index (χ3v) is 3.87. The number of likely N-dealkylation sites (N-methyl/N-ethyl adjacent to an activating group) is 1. The lowest BCUT2D eigenvalue weighted by atomic mass is 10.1. The van der Waals surface area contributed by atoms with Crippen LogP contribution in [-0.4, -0.2) is 50.1 Å². The molecule has 1 saturated heterocycles. The molecular formula is C15H24FN3. The Morgan fingerprint density at radius 1 is 1.47 bits per heavy atom. The fraction of sp³-hybridized carbons (Fsp3) is 0.600. The highest BCUT2D eigenvalue weighted by Crippen LogP contribution is 2.18. The van der Waals surface area contributed by atoms with E-state index in [0.717, 1.165) is 13.1 Å². The van der Waals surface area contributed by atoms with Crippen molar-refractivity contribution in [2.45, 2.75) is 12.5 Å². The van der Waals surface area contributed by atoms with Crippen LogP contribution in [0.2, 0.25) is 0 Å². The number of rotatable bonds is 5. The first kappa shape index (κ1) is 14.4. The summed E-state index contributed by atoms with van der Waals surface area (Å²) in [7, 11) is 4.23. The third kappa shape index (κ3) is 4.00. The predicted octanol–water partition coefficient (Wildman–Crippen LogP) is 1.71. The number of hydrogen-bond donors (Lipinski definition) is 1. The van der Waals surface area contributed by atoms with Crippen LogP contribution in [-0.2, 0) is 0 Å². The van der Waals surface area contributed by atoms with Crippen LogP contribution in [0, 0.1) is 11.7 Å². The first-order valence-electron chi connectivity index (χ1n) is 6.93. The molecule has 1 aromatic rings. The van der Waals surface area contributed by atoms with Crippen molar-refractivity contribution < 1.29 is 4.39 Å². The monoisotopic (exact) mass is 265 g/mol. The Bertz CT molecular complexity index is 410. The molecule has 0 spiro atoms. The van der Waals surface area contributed by atoms with E-state index in [2.05, 4.69) is 23.9 Å². The Hall–Kier alpha value is -0.970. The number of benzene rings is 1. The van der Waals surface area contributed by atoms with Crippen molar-refractivity contribution in [1.29, 1.82) is 0 Å². The van der Waals surface area contributed by atoms with Crippen LogP contribution >= 0.6 is 0 Å². The van der Waals surface area contributed by atoms with Gasteiger partial charge in [0.15, 0.2) is 0 Å². The molecule has 1 aliphatic heterocycles. The van der Waals surface area contributed by atoms with Crippen LogP contribution in [0.4, 0.5) is 4.39 Å². The van der Waals surface area contributed by atoms with Crippen molar-refractivity contribution in [1.82, 2.24) is 9.80 Å². The normalized spacial score (nSPS) is 22.1. The van der Waals surface area contributed by atoms with Crippen molar-refractivity contribution in [3.05, 3.63) is 35.6 Å². The van der Waals surface area contributed by atoms with Crippen molar-refractivity contribution in [3.8, 4) is 0 Å². The summed E-state index contributed by atoms with van der Waals surface area (Å²) in [4.78, 5) is 4.58. The molecule has 3 nitrogen and oxygen atoms in total. The molecule has 0 aliphatic carbocycles. The second-order valence-electron chi connectivity index (χ2n) is 5.77. The topological polar surface area (TPSA) is 32.5 Å². The molecule has 2 unspecified atom stereocenters. The van der Waals surface area contributed by atoms with Gasteiger partial charge in [0.25, 0.3) is 0 Å². The molecule has 2 N–H and O–H groups in total. The van der Waals surface area contributed by atoms with Gasteiger partial charge in [-0.25, -0.2) is 4.39 Å². The Morgan fingerprint density at radius 3 is 2.84 bits per heavy atom. The zero-order chi connectivity index (χ0) is 13.8. The molecule has 0 radical (unpaired) electrons. The summed E-state index contributed by atoms with van der Waals surface area (Å²) < 4.78 is 13.6. The molecule has 4 heteroatoms. The van der Waals surface area contributed by atoms with Gasteiger partial charge in [0.1, 0.15) is 5.82 Å². The summed E-state index contributed by atoms with van der Waals surface area (Å²) in [6.45, 7) is 4.06. The number of nitrogens with zero attached hydrogens (tertiary/aromatic N) is 2. The quantitative estimate of drug-likeness (QED) is 0.879. The molecule has 1 aliphatic rings. The van der Waals surface area contributed by atoms with Crippen molar-refractivity contribution in [2.75, 3.05) is 40.3 Å². The van der Waals surface area contributed by atoms with Gasteiger partial charge >= 0.3 is 0 Å². The van der Waals surface area contributed by atoms with E-state index < -0.39 is 0 Å². The highest BCUT2D eigenvalue weighted by molar-refractivity contribution is 5.21. The highest BCUT2D eigenvalue weighted by atomic mass is 19.1. The third-order valence-electron chi connectivity index (χ3n) is 3.87. The van der Waals surface area contributed by atoms with Crippen LogP contribution in [0.1, 0.15) is 18.0 Å². The van der Waals surface area contributed by atoms with Gasteiger partial charge in [0, 0.05) is 31.2 Å². The minimum absolute atomic E-state index is 0.205. The smallest absolute Gasteiger partial charge is 0.128 e. The number of halogens is 1. The molecular weight excluding hydrogens is 241 g/mol. The molecule has 0 saturated carbocycles. The Kier molecular flexibility index (Phi) is 4.91. The standard InChI is InChI=1S/C15H24FN3/c1-18-8-7-12(9-18)10-19(2)11-15(17)13-5-3-4-6-14(13)16/h3-6,12,15H,7-11,17H2,1-2H3. The van der Waals surface area contributed by atoms with E-state index in [0.29, 0.717) is 18.0 Å². The molecule has 2 rings (SSSR count). The first-order chi connectivity index (χ1) is 9.06. The second kappa shape index (κ2) is 6.46. The maximum atomic E-state index is 13.6. The molecule has 1 heterocycles. The molecule has 0 amide bonds. The zero-order valence-electron chi connectivity index (χ0n) is 11.8. The van der Waals surface area contributed by atoms with Crippen LogP contribution in [0.3, 0.4) is 0 Å². The Morgan fingerprint density at radius 2 is 2.21 bits per heavy atom. The van der Waals surface area contributed by atoms with E-state index in [1.165, 1.54) is 19.0 Å². The molecule has 1 aromatic carbocycles. The minimum atomic E-state index is -0.259. The number of hydrogen-bond acceptors (Lipinski definition) is 3. The average molecular weight is 265 g/mol. The lowest BCUT2D eigenvalue weighted by Gasteiger charge is -2.24. The van der Waals surface area contributed by atoms with E-state index in [4.69, 9.17) is 5.73 Å². The summed E-state index contributed by atoms with van der Waals surface area (Å²) in [6.07, 6.45) is 1.25. The summed E-state index contributed by atoms with van der Waals surface area (Å²) in [5.74, 6) is 0.506. The fourth-order valence-corrected chi connectivity index (χ4v) is 2.90. The zero-order valence-corrected chi connectivity index (χ0v) is 11.8. The Labute approximate surface area is 115 Å². The van der Waals surface area contributed by atoms with Gasteiger partial charge in [-0.15, -0.1) is 0 Å². The van der Waals surface area contributed by atoms with E-state index in [-0.39, 0.29) is 11.9 Å². The van der Waals surface area contributed by atoms with Crippen LogP contribution in [0.15, 0.2) is 24.3 Å². The maximum Gasteiger partial charge on any atom is 0.128 e. The highest BCUT2D eigenvalue weighted by Gasteiger charge is 2.22. The van der Waals surface area contributed by atoms with E-state index in [1.807, 2.05) is 6.07 Å². The Balaban J connectivity index is 1.85. The number of nitrogens with two attached hydrogens (primary N) is 1. The lowest BCUT2D eigenvalue weighted by Crippen LogP contribution is -2.34. The number of likely N-dealkylation sites (tertiary alicyclic amines) is 1. The summed E-state index contributed by atoms with van der Waals surface area (Å²) in [5.41, 5.74) is 6.72. The van der Waals surface area contributed by atoms with Gasteiger partial charge in [-0.2, -0.15) is 0 Å². The SMILES string of the molecule is CN1CCC(CN(C)CC(N)c2ccccc2F)C1. The molecule has 106 valence electrons. The summed E-state index contributed by atoms with van der Waals surface area (Å²) in [6, 6.07) is 6.52. The maximum absolute atomic E-state index is 13.6. The van der Waals surface area contributed by atoms with Gasteiger partial charge in [-0.1, -0.05) is 18.2 Å². The first-order valence-corrected chi connectivity index (χ1v) is 6.93. The van der Waals surface area contributed by atoms with E-state index >= 15 is 0 Å². The van der Waals surface area contributed by atoms with E-state index in [9.17, 15) is 4.39 Å². The molecule has 0 aromatic heterocycles. The van der Waals surface area contributed by atoms with Crippen molar-refractivity contribution in [3.63, 3.8) is 0 Å². The van der Waals surface area contributed by atoms with Crippen molar-refractivity contribution >= 4 is 0 Å². The van der Waals surface area contributed by atoms with Crippen LogP contribution in [0.5, 0.6) is 0 Å². The van der Waals surface area contributed by atoms with Crippen molar-refractivity contribution in [2.24, 2.45) is 11.7 Å². The van der Waals surface area contributed by atoms with Gasteiger partial charge in [-0.3, -0.25) is 0 Å². The fourth-order valence-electron chi connectivity index (χ4n) is 2.90. The molecule has 1 fully saturated rings. The predicted molar refractivity (Wildman–Crippen MR) is 76.4 cm³/mol. The molecule has 0 bridgehead atoms. The summed E-state index contributed by atoms with van der Waals surface area (Å²) >= 11 is 0. The van der Waals surface area contributed by atoms with Gasteiger partial charge < -0.3 is 15.5 Å². The van der Waals surface area contributed by atoms with Gasteiger partial charge in [0.2, 0.25) is 0 Å². The van der Waals surface area contributed by atoms with Gasteiger partial charge in [0.05, 0.1) is 0 Å². The summed E-state index contributed by atoms with van der Waals surface area (Å²) in [5, 5.41) is 0. The molecule has 19 heavy (non-hydrogen) atoms. The minimum Gasteiger partial charge on any atom is -0.323 e. The average Bonchev–Trinajstić information content (AvgIpc) is 2.74. The lowest BCUT2D eigenvalue weighted by molar-refractivity contribution is 0.259. The van der Waals surface area contributed by atoms with E-state index in [1.54, 1.807) is 12.1 Å². The van der Waals surface area contributed by atoms with Crippen LogP contribution in [0.25, 0.3) is 0 Å². The van der Waals surface area contributed by atoms with Crippen LogP contribution < -0.4 is 5.73 Å². The largest absolute Gasteiger partial charge is 0.323 e. The van der Waals surface area contributed by atoms with Gasteiger partial charge in [-0.05, 0) is 39.0 Å².